The van der Waals surface area contributed by atoms with Gasteiger partial charge >= 0.3 is 0 Å². The van der Waals surface area contributed by atoms with Gasteiger partial charge in [0.1, 0.15) is 11.6 Å². The van der Waals surface area contributed by atoms with Gasteiger partial charge in [-0.2, -0.15) is 0 Å². The van der Waals surface area contributed by atoms with E-state index in [0.717, 1.165) is 16.9 Å². The molecule has 0 spiro atoms. The molecule has 114 valence electrons. The van der Waals surface area contributed by atoms with Crippen LogP contribution in [0.2, 0.25) is 0 Å². The van der Waals surface area contributed by atoms with Crippen LogP contribution in [0.1, 0.15) is 56.5 Å². The third-order valence-electron chi connectivity index (χ3n) is 4.89. The van der Waals surface area contributed by atoms with Crippen molar-refractivity contribution in [1.29, 1.82) is 0 Å². The second kappa shape index (κ2) is 5.96. The Morgan fingerprint density at radius 2 is 2.10 bits per heavy atom. The third-order valence-corrected chi connectivity index (χ3v) is 5.13. The molecule has 3 rings (SSSR count). The highest BCUT2D eigenvalue weighted by molar-refractivity contribution is 6.16. The van der Waals surface area contributed by atoms with Gasteiger partial charge in [-0.25, -0.2) is 9.37 Å². The van der Waals surface area contributed by atoms with Gasteiger partial charge in [-0.3, -0.25) is 0 Å². The SMILES string of the molecule is CCC1CCCCC1n1c(CCl)nc2cc(F)c(C)cc21. The number of rotatable bonds is 3. The van der Waals surface area contributed by atoms with Crippen molar-refractivity contribution in [2.24, 2.45) is 5.92 Å². The molecule has 1 aromatic carbocycles. The van der Waals surface area contributed by atoms with Crippen molar-refractivity contribution in [1.82, 2.24) is 9.55 Å². The molecule has 0 bridgehead atoms. The number of hydrogen-bond acceptors (Lipinski definition) is 1. The van der Waals surface area contributed by atoms with Gasteiger partial charge in [0.05, 0.1) is 16.9 Å². The molecule has 0 radical (unpaired) electrons. The lowest BCUT2D eigenvalue weighted by Crippen LogP contribution is -2.24. The number of alkyl halides is 1. The molecular formula is C17H22ClFN2. The zero-order valence-electron chi connectivity index (χ0n) is 12.7. The number of halogens is 2. The van der Waals surface area contributed by atoms with Gasteiger partial charge < -0.3 is 4.57 Å². The van der Waals surface area contributed by atoms with E-state index in [4.69, 9.17) is 11.6 Å². The lowest BCUT2D eigenvalue weighted by atomic mass is 9.82. The molecule has 0 aliphatic heterocycles. The van der Waals surface area contributed by atoms with Crippen molar-refractivity contribution in [2.45, 2.75) is 57.9 Å². The number of nitrogens with zero attached hydrogens (tertiary/aromatic N) is 2. The van der Waals surface area contributed by atoms with Crippen LogP contribution in [0, 0.1) is 18.7 Å². The molecule has 1 saturated carbocycles. The molecule has 0 N–H and O–H groups in total. The summed E-state index contributed by atoms with van der Waals surface area (Å²) < 4.78 is 16.1. The number of benzene rings is 1. The predicted molar refractivity (Wildman–Crippen MR) is 85.3 cm³/mol. The Bertz CT molecular complexity index is 650. The van der Waals surface area contributed by atoms with E-state index in [9.17, 15) is 4.39 Å². The molecular weight excluding hydrogens is 287 g/mol. The normalized spacial score (nSPS) is 22.9. The summed E-state index contributed by atoms with van der Waals surface area (Å²) in [6.07, 6.45) is 6.17. The molecule has 1 aliphatic carbocycles. The van der Waals surface area contributed by atoms with E-state index in [1.807, 2.05) is 13.0 Å². The molecule has 2 atom stereocenters. The van der Waals surface area contributed by atoms with Crippen molar-refractivity contribution in [3.8, 4) is 0 Å². The molecule has 2 unspecified atom stereocenters. The summed E-state index contributed by atoms with van der Waals surface area (Å²) in [6, 6.07) is 3.92. The fourth-order valence-electron chi connectivity index (χ4n) is 3.74. The number of fused-ring (bicyclic) bond motifs is 1. The van der Waals surface area contributed by atoms with Crippen molar-refractivity contribution >= 4 is 22.6 Å². The molecule has 1 aromatic heterocycles. The lowest BCUT2D eigenvalue weighted by Gasteiger charge is -2.33. The van der Waals surface area contributed by atoms with Crippen LogP contribution < -0.4 is 0 Å². The Morgan fingerprint density at radius 3 is 2.81 bits per heavy atom. The maximum Gasteiger partial charge on any atom is 0.128 e. The average molecular weight is 309 g/mol. The minimum Gasteiger partial charge on any atom is -0.324 e. The number of aromatic nitrogens is 2. The van der Waals surface area contributed by atoms with Gasteiger partial charge in [0.2, 0.25) is 0 Å². The zero-order chi connectivity index (χ0) is 15.0. The summed E-state index contributed by atoms with van der Waals surface area (Å²) >= 11 is 6.12. The molecule has 1 aliphatic rings. The monoisotopic (exact) mass is 308 g/mol. The Balaban J connectivity index is 2.17. The Kier molecular flexibility index (Phi) is 4.21. The van der Waals surface area contributed by atoms with Crippen molar-refractivity contribution in [3.63, 3.8) is 0 Å². The van der Waals surface area contributed by atoms with E-state index in [2.05, 4.69) is 16.5 Å². The average Bonchev–Trinajstić information content (AvgIpc) is 2.85. The first kappa shape index (κ1) is 14.8. The van der Waals surface area contributed by atoms with Gasteiger partial charge in [0.25, 0.3) is 0 Å². The quantitative estimate of drug-likeness (QED) is 0.698. The molecule has 2 nitrogen and oxygen atoms in total. The van der Waals surface area contributed by atoms with Crippen molar-refractivity contribution in [2.75, 3.05) is 0 Å². The van der Waals surface area contributed by atoms with Crippen LogP contribution in [0.4, 0.5) is 4.39 Å². The lowest BCUT2D eigenvalue weighted by molar-refractivity contribution is 0.234. The van der Waals surface area contributed by atoms with E-state index in [0.29, 0.717) is 23.4 Å². The zero-order valence-corrected chi connectivity index (χ0v) is 13.5. The molecule has 0 amide bonds. The topological polar surface area (TPSA) is 17.8 Å². The summed E-state index contributed by atoms with van der Waals surface area (Å²) in [5, 5.41) is 0. The first-order valence-electron chi connectivity index (χ1n) is 7.88. The van der Waals surface area contributed by atoms with E-state index < -0.39 is 0 Å². The first-order valence-corrected chi connectivity index (χ1v) is 8.42. The van der Waals surface area contributed by atoms with E-state index in [-0.39, 0.29) is 5.82 Å². The largest absolute Gasteiger partial charge is 0.324 e. The fourth-order valence-corrected chi connectivity index (χ4v) is 3.93. The Morgan fingerprint density at radius 1 is 1.33 bits per heavy atom. The highest BCUT2D eigenvalue weighted by Gasteiger charge is 2.28. The van der Waals surface area contributed by atoms with Crippen LogP contribution in [-0.2, 0) is 5.88 Å². The van der Waals surface area contributed by atoms with Gasteiger partial charge in [-0.05, 0) is 37.3 Å². The molecule has 1 heterocycles. The van der Waals surface area contributed by atoms with Crippen LogP contribution >= 0.6 is 11.6 Å². The molecule has 1 fully saturated rings. The minimum atomic E-state index is -0.191. The molecule has 2 aromatic rings. The maximum atomic E-state index is 13.8. The van der Waals surface area contributed by atoms with E-state index in [1.54, 1.807) is 6.07 Å². The standard InChI is InChI=1S/C17H22ClFN2/c1-3-12-6-4-5-7-15(12)21-16-8-11(2)13(19)9-14(16)20-17(21)10-18/h8-9,12,15H,3-7,10H2,1-2H3. The highest BCUT2D eigenvalue weighted by Crippen LogP contribution is 2.39. The number of imidazole rings is 1. The van der Waals surface area contributed by atoms with E-state index in [1.165, 1.54) is 32.1 Å². The van der Waals surface area contributed by atoms with Crippen LogP contribution in [0.15, 0.2) is 12.1 Å². The Hall–Kier alpha value is -1.09. The summed E-state index contributed by atoms with van der Waals surface area (Å²) in [5.74, 6) is 1.73. The molecule has 4 heteroatoms. The molecule has 21 heavy (non-hydrogen) atoms. The van der Waals surface area contributed by atoms with Crippen LogP contribution in [0.25, 0.3) is 11.0 Å². The summed E-state index contributed by atoms with van der Waals surface area (Å²) in [5.41, 5.74) is 2.44. The third kappa shape index (κ3) is 2.57. The van der Waals surface area contributed by atoms with Gasteiger partial charge in [0, 0.05) is 12.1 Å². The van der Waals surface area contributed by atoms with Crippen molar-refractivity contribution < 1.29 is 4.39 Å². The van der Waals surface area contributed by atoms with Crippen LogP contribution in [0.3, 0.4) is 0 Å². The van der Waals surface area contributed by atoms with E-state index >= 15 is 0 Å². The van der Waals surface area contributed by atoms with Crippen LogP contribution in [-0.4, -0.2) is 9.55 Å². The summed E-state index contributed by atoms with van der Waals surface area (Å²) in [4.78, 5) is 4.57. The smallest absolute Gasteiger partial charge is 0.128 e. The first-order chi connectivity index (χ1) is 10.2. The second-order valence-corrected chi connectivity index (χ2v) is 6.41. The fraction of sp³-hybridized carbons (Fsp3) is 0.588. The van der Waals surface area contributed by atoms with Gasteiger partial charge in [0.15, 0.2) is 0 Å². The number of hydrogen-bond donors (Lipinski definition) is 0. The highest BCUT2D eigenvalue weighted by atomic mass is 35.5. The van der Waals surface area contributed by atoms with Crippen molar-refractivity contribution in [3.05, 3.63) is 29.3 Å². The van der Waals surface area contributed by atoms with Gasteiger partial charge in [-0.15, -0.1) is 11.6 Å². The number of aryl methyl sites for hydroxylation is 1. The summed E-state index contributed by atoms with van der Waals surface area (Å²) in [7, 11) is 0. The van der Waals surface area contributed by atoms with Crippen LogP contribution in [0.5, 0.6) is 0 Å². The van der Waals surface area contributed by atoms with Gasteiger partial charge in [-0.1, -0.05) is 26.2 Å². The predicted octanol–water partition coefficient (Wildman–Crippen LogP) is 5.36. The summed E-state index contributed by atoms with van der Waals surface area (Å²) in [6.45, 7) is 4.07. The molecule has 0 saturated heterocycles. The second-order valence-electron chi connectivity index (χ2n) is 6.14. The minimum absolute atomic E-state index is 0.191. The Labute approximate surface area is 130 Å². The maximum absolute atomic E-state index is 13.8.